The van der Waals surface area contributed by atoms with Crippen molar-refractivity contribution < 1.29 is 14.2 Å². The summed E-state index contributed by atoms with van der Waals surface area (Å²) in [7, 11) is -0.222. The molecule has 0 unspecified atom stereocenters. The van der Waals surface area contributed by atoms with E-state index in [1.54, 1.807) is 0 Å². The lowest BCUT2D eigenvalue weighted by atomic mass is 9.85. The Morgan fingerprint density at radius 1 is 0.250 bits per heavy atom. The fourth-order valence-electron chi connectivity index (χ4n) is 12.0. The lowest BCUT2D eigenvalue weighted by Gasteiger charge is -2.19. The zero-order chi connectivity index (χ0) is 63.5. The number of aryl methyl sites for hydroxylation is 3. The molecule has 0 bridgehead atoms. The van der Waals surface area contributed by atoms with Gasteiger partial charge in [-0.3, -0.25) is 0 Å². The fraction of sp³-hybridized carbons (Fsp3) is 0.163. The second-order valence-electron chi connectivity index (χ2n) is 26.1. The molecule has 0 fully saturated rings. The Balaban J connectivity index is 0.000000127. The summed E-state index contributed by atoms with van der Waals surface area (Å²) in [4.78, 5) is 4.01. The second kappa shape index (κ2) is 26.5. The molecule has 0 saturated carbocycles. The molecule has 0 aliphatic rings. The Labute approximate surface area is 550 Å². The van der Waals surface area contributed by atoms with E-state index in [1.807, 2.05) is 36.4 Å². The molecule has 0 N–H and O–H groups in total. The van der Waals surface area contributed by atoms with Crippen LogP contribution < -0.4 is 14.2 Å². The maximum atomic E-state index is 6.06. The maximum absolute atomic E-state index is 6.06. The van der Waals surface area contributed by atoms with Crippen molar-refractivity contribution in [2.45, 2.75) is 93.0 Å². The highest BCUT2D eigenvalue weighted by atomic mass is 32.2. The minimum Gasteiger partial charge on any atom is -0.489 e. The van der Waals surface area contributed by atoms with Crippen LogP contribution in [0.25, 0.3) is 75.2 Å². The molecule has 0 spiro atoms. The maximum Gasteiger partial charge on any atom is 0.187 e. The number of ether oxygens (including phenoxy) is 3. The summed E-state index contributed by atoms with van der Waals surface area (Å²) >= 11 is 0. The van der Waals surface area contributed by atoms with Gasteiger partial charge in [0.2, 0.25) is 0 Å². The van der Waals surface area contributed by atoms with Crippen LogP contribution in [0.1, 0.15) is 86.1 Å². The minimum absolute atomic E-state index is 0.0469. The smallest absolute Gasteiger partial charge is 0.187 e. The molecule has 0 amide bonds. The van der Waals surface area contributed by atoms with Crippen molar-refractivity contribution in [2.24, 2.45) is 0 Å². The fourth-order valence-corrected chi connectivity index (χ4v) is 19.1. The highest BCUT2D eigenvalue weighted by Crippen LogP contribution is 2.52. The summed E-state index contributed by atoms with van der Waals surface area (Å²) in [6.07, 6.45) is 0. The van der Waals surface area contributed by atoms with Gasteiger partial charge in [0.1, 0.15) is 37.1 Å². The molecular formula is C86H79O3S3+3. The quantitative estimate of drug-likeness (QED) is 0.114. The van der Waals surface area contributed by atoms with Gasteiger partial charge in [0.15, 0.2) is 42.9 Å². The molecule has 3 heterocycles. The summed E-state index contributed by atoms with van der Waals surface area (Å²) in [6.45, 7) is 22.0. The summed E-state index contributed by atoms with van der Waals surface area (Å²) in [6, 6.07) is 101. The van der Waals surface area contributed by atoms with E-state index in [0.717, 1.165) is 17.2 Å². The van der Waals surface area contributed by atoms with Crippen molar-refractivity contribution >= 4 is 91.9 Å². The van der Waals surface area contributed by atoms with Crippen LogP contribution in [-0.4, -0.2) is 0 Å². The van der Waals surface area contributed by atoms with Gasteiger partial charge in [-0.2, -0.15) is 0 Å². The Morgan fingerprint density at radius 3 is 0.880 bits per heavy atom. The largest absolute Gasteiger partial charge is 0.489 e. The molecule has 456 valence electrons. The van der Waals surface area contributed by atoms with E-state index in [-0.39, 0.29) is 42.2 Å². The molecule has 0 radical (unpaired) electrons. The highest BCUT2D eigenvalue weighted by molar-refractivity contribution is 7.51. The average Bonchev–Trinajstić information content (AvgIpc) is 1.67. The molecular weight excluding hydrogens is 1180 g/mol. The van der Waals surface area contributed by atoms with Crippen molar-refractivity contribution in [1.82, 2.24) is 0 Å². The molecule has 3 nitrogen and oxygen atoms in total. The van der Waals surface area contributed by atoms with E-state index in [0.29, 0.717) is 19.8 Å². The first kappa shape index (κ1) is 61.6. The van der Waals surface area contributed by atoms with Crippen LogP contribution in [-0.2, 0) is 30.7 Å². The van der Waals surface area contributed by atoms with Crippen molar-refractivity contribution in [2.75, 3.05) is 0 Å². The van der Waals surface area contributed by atoms with Gasteiger partial charge in [-0.25, -0.2) is 0 Å². The Bertz CT molecular complexity index is 4860. The molecule has 15 rings (SSSR count). The van der Waals surface area contributed by atoms with Crippen LogP contribution in [0.2, 0.25) is 0 Å². The van der Waals surface area contributed by atoms with Crippen LogP contribution in [0.3, 0.4) is 0 Å². The van der Waals surface area contributed by atoms with Crippen molar-refractivity contribution in [3.63, 3.8) is 0 Å². The number of fused-ring (bicyclic) bond motifs is 9. The van der Waals surface area contributed by atoms with Crippen molar-refractivity contribution in [3.8, 4) is 31.9 Å². The third-order valence-corrected chi connectivity index (χ3v) is 24.1. The summed E-state index contributed by atoms with van der Waals surface area (Å²) in [5, 5.41) is 8.28. The molecule has 0 saturated heterocycles. The summed E-state index contributed by atoms with van der Waals surface area (Å²) in [5.74, 6) is 2.73. The summed E-state index contributed by atoms with van der Waals surface area (Å²) in [5.41, 5.74) is 10.5. The van der Waals surface area contributed by atoms with Gasteiger partial charge in [-0.1, -0.05) is 192 Å². The molecule has 92 heavy (non-hydrogen) atoms. The molecule has 15 aromatic rings. The van der Waals surface area contributed by atoms with E-state index in [4.69, 9.17) is 14.2 Å². The zero-order valence-corrected chi connectivity index (χ0v) is 56.6. The molecule has 6 heteroatoms. The number of benzene rings is 12. The van der Waals surface area contributed by atoms with Crippen molar-refractivity contribution in [1.29, 1.82) is 0 Å². The van der Waals surface area contributed by atoms with E-state index in [1.165, 1.54) is 120 Å². The standard InChI is InChI=1S/C33H35OS.C27H23OS.C26H21OS/c1-32(2,3)24-12-18-30-28(20-24)29-21-25(33(4,5)6)13-19-31(29)35(30)27-16-14-26(15-17-27)34-22-23-10-8-7-9-11-23;1-19-8-14-26-24(16-19)25-17-20(2)9-15-27(25)29(26)23-12-10-22(11-13-23)28-18-21-6-4-3-5-7-21;1-19-10-12-20(13-11-19)18-27-21-14-16-22(17-15-21)28-25-8-4-2-6-23(25)24-7-3-5-9-26(24)28/h7-21H,22H2,1-6H3;3-17H,18H2,1-2H3;2-17H,18H2,1H3/q3*+1. The van der Waals surface area contributed by atoms with Crippen LogP contribution in [0.5, 0.6) is 17.2 Å². The predicted molar refractivity (Wildman–Crippen MR) is 400 cm³/mol. The summed E-state index contributed by atoms with van der Waals surface area (Å²) < 4.78 is 26.6. The van der Waals surface area contributed by atoms with Gasteiger partial charge in [-0.05, 0) is 169 Å². The first-order chi connectivity index (χ1) is 44.6. The highest BCUT2D eigenvalue weighted by Gasteiger charge is 2.29. The van der Waals surface area contributed by atoms with Gasteiger partial charge in [-0.15, -0.1) is 0 Å². The first-order valence-electron chi connectivity index (χ1n) is 31.8. The minimum atomic E-state index is -0.114. The van der Waals surface area contributed by atoms with E-state index in [9.17, 15) is 0 Å². The van der Waals surface area contributed by atoms with Gasteiger partial charge < -0.3 is 14.2 Å². The van der Waals surface area contributed by atoms with Crippen LogP contribution in [0, 0.1) is 20.8 Å². The Kier molecular flexibility index (Phi) is 17.7. The Morgan fingerprint density at radius 2 is 0.533 bits per heavy atom. The van der Waals surface area contributed by atoms with Gasteiger partial charge in [0.05, 0.1) is 0 Å². The number of hydrogen-bond donors (Lipinski definition) is 0. The number of thiophene rings is 3. The third-order valence-electron chi connectivity index (χ3n) is 17.1. The third kappa shape index (κ3) is 13.4. The first-order valence-corrected chi connectivity index (χ1v) is 35.5. The lowest BCUT2D eigenvalue weighted by molar-refractivity contribution is 0.306. The van der Waals surface area contributed by atoms with Gasteiger partial charge in [0.25, 0.3) is 0 Å². The second-order valence-corrected chi connectivity index (χ2v) is 32.0. The van der Waals surface area contributed by atoms with E-state index in [2.05, 4.69) is 305 Å². The molecule has 0 aliphatic heterocycles. The zero-order valence-electron chi connectivity index (χ0n) is 54.1. The lowest BCUT2D eigenvalue weighted by Crippen LogP contribution is -2.10. The van der Waals surface area contributed by atoms with Gasteiger partial charge >= 0.3 is 0 Å². The SMILES string of the molecule is CC(C)(C)c1ccc2c(c1)c1cc(C(C)(C)C)ccc1[s+]2-c1ccc(OCc2ccccc2)cc1.Cc1ccc(COc2ccc(-[s+]3c4ccccc4c4ccccc43)cc2)cc1.Cc1ccc2c(c1)c1cc(C)ccc1[s+]2-c1ccc(OCc2ccccc2)cc1. The van der Waals surface area contributed by atoms with E-state index >= 15 is 0 Å². The monoisotopic (exact) mass is 1260 g/mol. The normalized spacial score (nSPS) is 11.7. The molecule has 0 atom stereocenters. The molecule has 0 aliphatic carbocycles. The topological polar surface area (TPSA) is 27.7 Å². The van der Waals surface area contributed by atoms with Gasteiger partial charge in [0, 0.05) is 100 Å². The number of rotatable bonds is 12. The Hall–Kier alpha value is -9.30. The number of hydrogen-bond acceptors (Lipinski definition) is 3. The average molecular weight is 1260 g/mol. The molecule has 12 aromatic carbocycles. The van der Waals surface area contributed by atoms with Crippen molar-refractivity contribution in [3.05, 3.63) is 324 Å². The van der Waals surface area contributed by atoms with Crippen LogP contribution in [0.15, 0.2) is 279 Å². The van der Waals surface area contributed by atoms with E-state index < -0.39 is 0 Å². The van der Waals surface area contributed by atoms with Crippen LogP contribution in [0.4, 0.5) is 0 Å². The predicted octanol–water partition coefficient (Wildman–Crippen LogP) is 25.5. The molecule has 3 aromatic heterocycles. The van der Waals surface area contributed by atoms with Crippen LogP contribution >= 0.6 is 31.4 Å².